The Balaban J connectivity index is 3.62. The van der Waals surface area contributed by atoms with Gasteiger partial charge in [-0.25, -0.2) is 0 Å². The molecule has 0 bridgehead atoms. The van der Waals surface area contributed by atoms with Crippen LogP contribution in [0, 0.1) is 11.8 Å². The number of thiol groups is 1. The van der Waals surface area contributed by atoms with E-state index in [0.29, 0.717) is 30.8 Å². The van der Waals surface area contributed by atoms with Crippen molar-refractivity contribution in [2.24, 2.45) is 11.8 Å². The van der Waals surface area contributed by atoms with Crippen molar-refractivity contribution in [1.82, 2.24) is 0 Å². The number of esters is 1. The Labute approximate surface area is 174 Å². The maximum Gasteiger partial charge on any atom is 0.306 e. The number of carbonyl (C=O) groups is 1. The summed E-state index contributed by atoms with van der Waals surface area (Å²) >= 11 is 4.72. The predicted molar refractivity (Wildman–Crippen MR) is 120 cm³/mol. The van der Waals surface area contributed by atoms with Crippen molar-refractivity contribution in [2.45, 2.75) is 96.7 Å². The van der Waals surface area contributed by atoms with E-state index < -0.39 is 0 Å². The molecule has 0 amide bonds. The molecule has 0 saturated heterocycles. The molecule has 0 spiro atoms. The van der Waals surface area contributed by atoms with E-state index in [-0.39, 0.29) is 5.97 Å². The molecule has 0 heterocycles. The number of methoxy groups -OCH3 is 1. The van der Waals surface area contributed by atoms with Crippen LogP contribution in [0.25, 0.3) is 0 Å². The average molecular weight is 401 g/mol. The number of ether oxygens (including phenoxy) is 2. The highest BCUT2D eigenvalue weighted by molar-refractivity contribution is 7.80. The summed E-state index contributed by atoms with van der Waals surface area (Å²) < 4.78 is 10.2. The lowest BCUT2D eigenvalue weighted by molar-refractivity contribution is -0.145. The molecule has 0 aromatic rings. The Hall–Kier alpha value is -0.480. The Kier molecular flexibility index (Phi) is 17.3. The highest BCUT2D eigenvalue weighted by Gasteiger charge is 2.11. The molecule has 0 aliphatic heterocycles. The third-order valence-electron chi connectivity index (χ3n) is 4.88. The molecule has 0 saturated carbocycles. The summed E-state index contributed by atoms with van der Waals surface area (Å²) in [5.74, 6) is 1.08. The highest BCUT2D eigenvalue weighted by Crippen LogP contribution is 2.21. The first-order chi connectivity index (χ1) is 12.8. The van der Waals surface area contributed by atoms with Gasteiger partial charge in [0, 0.05) is 31.8 Å². The molecule has 1 unspecified atom stereocenters. The van der Waals surface area contributed by atoms with E-state index in [9.17, 15) is 4.79 Å². The smallest absolute Gasteiger partial charge is 0.306 e. The maximum atomic E-state index is 11.7. The zero-order valence-corrected chi connectivity index (χ0v) is 19.2. The number of rotatable bonds is 18. The molecule has 0 aliphatic rings. The van der Waals surface area contributed by atoms with E-state index in [0.717, 1.165) is 38.0 Å². The summed E-state index contributed by atoms with van der Waals surface area (Å²) in [6, 6.07) is 0. The van der Waals surface area contributed by atoms with Gasteiger partial charge in [0.1, 0.15) is 0 Å². The second-order valence-electron chi connectivity index (χ2n) is 8.39. The van der Waals surface area contributed by atoms with Crippen LogP contribution in [0.2, 0.25) is 0 Å². The van der Waals surface area contributed by atoms with Gasteiger partial charge in [-0.3, -0.25) is 4.79 Å². The van der Waals surface area contributed by atoms with Crippen molar-refractivity contribution in [3.05, 3.63) is 12.2 Å². The van der Waals surface area contributed by atoms with Crippen molar-refractivity contribution in [1.29, 1.82) is 0 Å². The Bertz CT molecular complexity index is 382. The lowest BCUT2D eigenvalue weighted by Gasteiger charge is -2.13. The number of hydrogen-bond donors (Lipinski definition) is 1. The molecule has 0 fully saturated rings. The third-order valence-corrected chi connectivity index (χ3v) is 5.40. The van der Waals surface area contributed by atoms with E-state index in [1.165, 1.54) is 37.7 Å². The number of allylic oxidation sites excluding steroid dienone is 1. The van der Waals surface area contributed by atoms with Crippen LogP contribution in [0.5, 0.6) is 0 Å². The SMILES string of the molecule is C=C(CCCC(C)CC(=O)OCCCOC)CCC[C@H](S)CCCC(C)C. The fourth-order valence-electron chi connectivity index (χ4n) is 3.15. The Morgan fingerprint density at radius 1 is 0.926 bits per heavy atom. The summed E-state index contributed by atoms with van der Waals surface area (Å²) in [5.41, 5.74) is 1.34. The van der Waals surface area contributed by atoms with Crippen molar-refractivity contribution in [2.75, 3.05) is 20.3 Å². The van der Waals surface area contributed by atoms with Crippen LogP contribution in [0.1, 0.15) is 91.4 Å². The number of carbonyl (C=O) groups excluding carboxylic acids is 1. The topological polar surface area (TPSA) is 35.5 Å². The quantitative estimate of drug-likeness (QED) is 0.122. The van der Waals surface area contributed by atoms with E-state index in [4.69, 9.17) is 22.1 Å². The van der Waals surface area contributed by atoms with Gasteiger partial charge in [0.15, 0.2) is 0 Å². The molecule has 2 atom stereocenters. The zero-order valence-electron chi connectivity index (χ0n) is 18.3. The van der Waals surface area contributed by atoms with E-state index in [1.807, 2.05) is 0 Å². The first kappa shape index (κ1) is 26.5. The van der Waals surface area contributed by atoms with Gasteiger partial charge in [-0.15, -0.1) is 0 Å². The van der Waals surface area contributed by atoms with Crippen LogP contribution in [-0.4, -0.2) is 31.5 Å². The van der Waals surface area contributed by atoms with Crippen LogP contribution in [-0.2, 0) is 14.3 Å². The third kappa shape index (κ3) is 18.6. The largest absolute Gasteiger partial charge is 0.466 e. The highest BCUT2D eigenvalue weighted by atomic mass is 32.1. The fraction of sp³-hybridized carbons (Fsp3) is 0.870. The van der Waals surface area contributed by atoms with Gasteiger partial charge in [-0.05, 0) is 56.8 Å². The summed E-state index contributed by atoms with van der Waals surface area (Å²) in [6.07, 6.45) is 11.8. The van der Waals surface area contributed by atoms with Crippen LogP contribution >= 0.6 is 12.6 Å². The number of hydrogen-bond acceptors (Lipinski definition) is 4. The molecule has 0 aromatic heterocycles. The van der Waals surface area contributed by atoms with Crippen LogP contribution in [0.15, 0.2) is 12.2 Å². The van der Waals surface area contributed by atoms with Crippen LogP contribution < -0.4 is 0 Å². The first-order valence-electron chi connectivity index (χ1n) is 10.8. The lowest BCUT2D eigenvalue weighted by atomic mass is 9.96. The molecule has 0 aromatic carbocycles. The van der Waals surface area contributed by atoms with Crippen molar-refractivity contribution in [3.63, 3.8) is 0 Å². The monoisotopic (exact) mass is 400 g/mol. The summed E-state index contributed by atoms with van der Waals surface area (Å²) in [6.45, 7) is 12.0. The van der Waals surface area contributed by atoms with Crippen molar-refractivity contribution in [3.8, 4) is 0 Å². The minimum Gasteiger partial charge on any atom is -0.466 e. The Morgan fingerprint density at radius 2 is 1.56 bits per heavy atom. The maximum absolute atomic E-state index is 11.7. The molecule has 27 heavy (non-hydrogen) atoms. The standard InChI is InChI=1S/C23H44O3S/c1-19(2)10-6-14-22(27)15-8-12-20(3)11-7-13-21(4)18-23(24)26-17-9-16-25-5/h19,21-22,27H,3,6-18H2,1-2,4-5H3/t21?,22-/m1/s1. The normalized spacial score (nSPS) is 13.6. The van der Waals surface area contributed by atoms with E-state index in [1.54, 1.807) is 7.11 Å². The minimum atomic E-state index is -0.0882. The minimum absolute atomic E-state index is 0.0882. The second-order valence-corrected chi connectivity index (χ2v) is 9.12. The second kappa shape index (κ2) is 17.6. The molecule has 0 N–H and O–H groups in total. The van der Waals surface area contributed by atoms with E-state index >= 15 is 0 Å². The molecule has 160 valence electrons. The van der Waals surface area contributed by atoms with E-state index in [2.05, 4.69) is 27.4 Å². The van der Waals surface area contributed by atoms with Gasteiger partial charge in [-0.1, -0.05) is 45.8 Å². The van der Waals surface area contributed by atoms with Crippen molar-refractivity contribution >= 4 is 18.6 Å². The summed E-state index contributed by atoms with van der Waals surface area (Å²) in [5, 5.41) is 0.534. The molecular weight excluding hydrogens is 356 g/mol. The molecule has 0 radical (unpaired) electrons. The lowest BCUT2D eigenvalue weighted by Crippen LogP contribution is -2.11. The van der Waals surface area contributed by atoms with Crippen molar-refractivity contribution < 1.29 is 14.3 Å². The van der Waals surface area contributed by atoms with Gasteiger partial charge in [0.25, 0.3) is 0 Å². The first-order valence-corrected chi connectivity index (χ1v) is 11.4. The average Bonchev–Trinajstić information content (AvgIpc) is 2.58. The van der Waals surface area contributed by atoms with Crippen LogP contribution in [0.4, 0.5) is 0 Å². The molecular formula is C23H44O3S. The van der Waals surface area contributed by atoms with Gasteiger partial charge >= 0.3 is 5.97 Å². The molecule has 4 heteroatoms. The van der Waals surface area contributed by atoms with Gasteiger partial charge in [0.2, 0.25) is 0 Å². The summed E-state index contributed by atoms with van der Waals surface area (Å²) in [7, 11) is 1.66. The molecule has 3 nitrogen and oxygen atoms in total. The van der Waals surface area contributed by atoms with Gasteiger partial charge in [0.05, 0.1) is 6.61 Å². The molecule has 0 aliphatic carbocycles. The zero-order chi connectivity index (χ0) is 20.5. The predicted octanol–water partition coefficient (Wildman–Crippen LogP) is 6.61. The van der Waals surface area contributed by atoms with Crippen LogP contribution in [0.3, 0.4) is 0 Å². The van der Waals surface area contributed by atoms with Gasteiger partial charge in [-0.2, -0.15) is 12.6 Å². The fourth-order valence-corrected chi connectivity index (χ4v) is 3.52. The van der Waals surface area contributed by atoms with Gasteiger partial charge < -0.3 is 9.47 Å². The summed E-state index contributed by atoms with van der Waals surface area (Å²) in [4.78, 5) is 11.7. The Morgan fingerprint density at radius 3 is 2.19 bits per heavy atom. The molecule has 0 rings (SSSR count).